The van der Waals surface area contributed by atoms with Crippen molar-refractivity contribution in [2.45, 2.75) is 31.8 Å². The van der Waals surface area contributed by atoms with Crippen molar-refractivity contribution in [1.82, 2.24) is 9.80 Å². The normalized spacial score (nSPS) is 21.6. The van der Waals surface area contributed by atoms with Crippen LogP contribution < -0.4 is 11.1 Å². The number of carboxylic acid groups (broad SMARTS) is 1. The van der Waals surface area contributed by atoms with Crippen LogP contribution in [0.1, 0.15) is 45.5 Å². The minimum atomic E-state index is -1.04. The lowest BCUT2D eigenvalue weighted by atomic mass is 9.99. The Hall–Kier alpha value is -2.92. The Kier molecular flexibility index (Phi) is 6.54. The third kappa shape index (κ3) is 4.61. The molecular weight excluding hydrogens is 596 g/mol. The Bertz CT molecular complexity index is 1270. The lowest BCUT2D eigenvalue weighted by Crippen LogP contribution is -2.51. The molecule has 2 heterocycles. The van der Waals surface area contributed by atoms with Crippen molar-refractivity contribution in [3.63, 3.8) is 0 Å². The van der Waals surface area contributed by atoms with Crippen LogP contribution in [0.25, 0.3) is 0 Å². The number of hydrogen-bond acceptors (Lipinski definition) is 5. The zero-order chi connectivity index (χ0) is 25.7. The number of carboxylic acids is 1. The highest BCUT2D eigenvalue weighted by atomic mass is 79.9. The van der Waals surface area contributed by atoms with Crippen molar-refractivity contribution >= 4 is 66.9 Å². The fraction of sp³-hybridized carbons (Fsp3) is 0.360. The molecular formula is C25H24Br2N4O5. The van der Waals surface area contributed by atoms with Gasteiger partial charge in [-0.1, -0.05) is 6.07 Å². The summed E-state index contributed by atoms with van der Waals surface area (Å²) in [5.41, 5.74) is 8.47. The number of likely N-dealkylation sites (tertiary alicyclic amines) is 1. The number of nitrogens with one attached hydrogen (secondary N) is 1. The van der Waals surface area contributed by atoms with Crippen molar-refractivity contribution in [3.8, 4) is 0 Å². The zero-order valence-corrected chi connectivity index (χ0v) is 22.3. The van der Waals surface area contributed by atoms with E-state index in [1.54, 1.807) is 28.0 Å². The van der Waals surface area contributed by atoms with E-state index in [0.29, 0.717) is 64.8 Å². The van der Waals surface area contributed by atoms with E-state index >= 15 is 0 Å². The van der Waals surface area contributed by atoms with Crippen LogP contribution in [0.15, 0.2) is 39.3 Å². The largest absolute Gasteiger partial charge is 0.478 e. The Morgan fingerprint density at radius 1 is 1.00 bits per heavy atom. The number of aromatic carboxylic acids is 1. The quantitative estimate of drug-likeness (QED) is 0.337. The molecule has 2 aliphatic heterocycles. The maximum absolute atomic E-state index is 13.1. The van der Waals surface area contributed by atoms with E-state index in [4.69, 9.17) is 5.73 Å². The standard InChI is InChI=1S/C25H24Br2N4O5/c26-18-7-14(8-19(27)21(18)28)22(32)16-10-17(16)23(33)30-5-3-15(4-6-30)31-11-13-2-1-12(24(34)35)9-20(13)29-25(31)36/h1-2,7-9,15-17H,3-6,10-11,28H2,(H,29,36)(H,34,35)/t16-,17-/m1/s1. The molecule has 9 nitrogen and oxygen atoms in total. The second-order valence-electron chi connectivity index (χ2n) is 9.46. The van der Waals surface area contributed by atoms with Gasteiger partial charge in [-0.2, -0.15) is 0 Å². The number of benzene rings is 2. The van der Waals surface area contributed by atoms with Gasteiger partial charge < -0.3 is 26.0 Å². The van der Waals surface area contributed by atoms with E-state index < -0.39 is 5.97 Å². The van der Waals surface area contributed by atoms with Gasteiger partial charge in [-0.3, -0.25) is 9.59 Å². The number of carbonyl (C=O) groups is 4. The van der Waals surface area contributed by atoms with Crippen LogP contribution in [-0.4, -0.2) is 57.7 Å². The SMILES string of the molecule is Nc1c(Br)cc(C(=O)[C@@H]2C[C@H]2C(=O)N2CCC(N3Cc4ccc(C(=O)O)cc4NC3=O)CC2)cc1Br. The summed E-state index contributed by atoms with van der Waals surface area (Å²) in [6.07, 6.45) is 1.83. The zero-order valence-electron chi connectivity index (χ0n) is 19.2. The van der Waals surface area contributed by atoms with E-state index in [2.05, 4.69) is 37.2 Å². The second kappa shape index (κ2) is 9.51. The first-order valence-corrected chi connectivity index (χ1v) is 13.2. The number of rotatable bonds is 5. The van der Waals surface area contributed by atoms with Crippen LogP contribution in [0.4, 0.5) is 16.2 Å². The van der Waals surface area contributed by atoms with Gasteiger partial charge in [0.05, 0.1) is 11.3 Å². The second-order valence-corrected chi connectivity index (χ2v) is 11.2. The van der Waals surface area contributed by atoms with Gasteiger partial charge in [-0.25, -0.2) is 9.59 Å². The van der Waals surface area contributed by atoms with Gasteiger partial charge in [-0.15, -0.1) is 0 Å². The van der Waals surface area contributed by atoms with Crippen LogP contribution in [0.3, 0.4) is 0 Å². The topological polar surface area (TPSA) is 133 Å². The fourth-order valence-corrected chi connectivity index (χ4v) is 6.22. The maximum Gasteiger partial charge on any atom is 0.335 e. The molecule has 1 saturated carbocycles. The van der Waals surface area contributed by atoms with Gasteiger partial charge in [0.15, 0.2) is 5.78 Å². The first kappa shape index (κ1) is 24.8. The monoisotopic (exact) mass is 618 g/mol. The molecule has 0 spiro atoms. The molecule has 11 heteroatoms. The van der Waals surface area contributed by atoms with Crippen molar-refractivity contribution in [2.75, 3.05) is 24.1 Å². The predicted molar refractivity (Wildman–Crippen MR) is 140 cm³/mol. The molecule has 0 bridgehead atoms. The van der Waals surface area contributed by atoms with E-state index in [9.17, 15) is 24.3 Å². The van der Waals surface area contributed by atoms with Gasteiger partial charge in [0.2, 0.25) is 5.91 Å². The van der Waals surface area contributed by atoms with E-state index in [-0.39, 0.29) is 41.2 Å². The fourth-order valence-electron chi connectivity index (χ4n) is 5.03. The number of hydrogen-bond donors (Lipinski definition) is 3. The molecule has 1 aliphatic carbocycles. The number of nitrogen functional groups attached to an aromatic ring is 1. The van der Waals surface area contributed by atoms with Gasteiger partial charge in [0, 0.05) is 57.7 Å². The molecule has 2 aromatic rings. The van der Waals surface area contributed by atoms with Gasteiger partial charge in [-0.05, 0) is 81.0 Å². The number of urea groups is 1. The number of halogens is 2. The molecule has 36 heavy (non-hydrogen) atoms. The average molecular weight is 620 g/mol. The van der Waals surface area contributed by atoms with Crippen LogP contribution in [0.2, 0.25) is 0 Å². The van der Waals surface area contributed by atoms with E-state index in [1.165, 1.54) is 12.1 Å². The first-order valence-electron chi connectivity index (χ1n) is 11.7. The van der Waals surface area contributed by atoms with Crippen LogP contribution in [0.5, 0.6) is 0 Å². The molecule has 0 radical (unpaired) electrons. The number of piperidine rings is 1. The number of amides is 3. The van der Waals surface area contributed by atoms with Crippen molar-refractivity contribution in [3.05, 3.63) is 56.0 Å². The molecule has 3 aliphatic rings. The number of Topliss-reactive ketones (excluding diaryl/α,β-unsaturated/α-hetero) is 1. The Morgan fingerprint density at radius 3 is 2.31 bits per heavy atom. The summed E-state index contributed by atoms with van der Waals surface area (Å²) in [5, 5.41) is 12.0. The van der Waals surface area contributed by atoms with Gasteiger partial charge in [0.25, 0.3) is 0 Å². The smallest absolute Gasteiger partial charge is 0.335 e. The molecule has 188 valence electrons. The maximum atomic E-state index is 13.1. The lowest BCUT2D eigenvalue weighted by Gasteiger charge is -2.40. The summed E-state index contributed by atoms with van der Waals surface area (Å²) in [6, 6.07) is 7.84. The molecule has 0 aromatic heterocycles. The highest BCUT2D eigenvalue weighted by Gasteiger charge is 2.50. The highest BCUT2D eigenvalue weighted by molar-refractivity contribution is 9.11. The molecule has 2 fully saturated rings. The van der Waals surface area contributed by atoms with Crippen molar-refractivity contribution in [2.24, 2.45) is 11.8 Å². The van der Waals surface area contributed by atoms with Crippen LogP contribution >= 0.6 is 31.9 Å². The molecule has 1 saturated heterocycles. The van der Waals surface area contributed by atoms with Gasteiger partial charge in [0.1, 0.15) is 0 Å². The molecule has 5 rings (SSSR count). The average Bonchev–Trinajstić information content (AvgIpc) is 3.66. The third-order valence-corrected chi connectivity index (χ3v) is 8.54. The molecule has 4 N–H and O–H groups in total. The third-order valence-electron chi connectivity index (χ3n) is 7.22. The minimum absolute atomic E-state index is 0.00461. The number of ketones is 1. The summed E-state index contributed by atoms with van der Waals surface area (Å²) in [5.74, 6) is -1.73. The Morgan fingerprint density at radius 2 is 1.67 bits per heavy atom. The summed E-state index contributed by atoms with van der Waals surface area (Å²) in [4.78, 5) is 53.5. The number of nitrogens with two attached hydrogens (primary N) is 1. The summed E-state index contributed by atoms with van der Waals surface area (Å²) in [7, 11) is 0. The van der Waals surface area contributed by atoms with Crippen LogP contribution in [-0.2, 0) is 11.3 Å². The number of carbonyl (C=O) groups excluding carboxylic acids is 3. The minimum Gasteiger partial charge on any atom is -0.478 e. The number of anilines is 2. The number of nitrogens with zero attached hydrogens (tertiary/aromatic N) is 2. The highest BCUT2D eigenvalue weighted by Crippen LogP contribution is 2.44. The van der Waals surface area contributed by atoms with Crippen molar-refractivity contribution < 1.29 is 24.3 Å². The summed E-state index contributed by atoms with van der Waals surface area (Å²) >= 11 is 6.73. The van der Waals surface area contributed by atoms with Crippen LogP contribution in [0, 0.1) is 11.8 Å². The molecule has 0 unspecified atom stereocenters. The van der Waals surface area contributed by atoms with E-state index in [0.717, 1.165) is 5.56 Å². The van der Waals surface area contributed by atoms with Gasteiger partial charge >= 0.3 is 12.0 Å². The Labute approximate surface area is 224 Å². The molecule has 2 atom stereocenters. The predicted octanol–water partition coefficient (Wildman–Crippen LogP) is 4.35. The number of fused-ring (bicyclic) bond motifs is 1. The Balaban J connectivity index is 1.17. The molecule has 2 aromatic carbocycles. The first-order chi connectivity index (χ1) is 17.1. The van der Waals surface area contributed by atoms with Crippen molar-refractivity contribution in [1.29, 1.82) is 0 Å². The molecule has 3 amide bonds. The van der Waals surface area contributed by atoms with E-state index in [1.807, 2.05) is 0 Å². The summed E-state index contributed by atoms with van der Waals surface area (Å²) < 4.78 is 1.27. The summed E-state index contributed by atoms with van der Waals surface area (Å²) in [6.45, 7) is 1.44. The lowest BCUT2D eigenvalue weighted by molar-refractivity contribution is -0.134.